The van der Waals surface area contributed by atoms with Gasteiger partial charge in [0, 0.05) is 19.0 Å². The molecule has 1 fully saturated rings. The maximum Gasteiger partial charge on any atom is 0.222 e. The SMILES string of the molecule is CNCCC1CCCCN1C(=O)CCC(C)(C)C. The molecule has 18 heavy (non-hydrogen) atoms. The standard InChI is InChI=1S/C15H30N2O/c1-15(2,3)10-8-14(18)17-12-6-5-7-13(17)9-11-16-4/h13,16H,5-12H2,1-4H3. The van der Waals surface area contributed by atoms with Crippen molar-refractivity contribution in [3.8, 4) is 0 Å². The predicted octanol–water partition coefficient (Wildman–Crippen LogP) is 2.80. The van der Waals surface area contributed by atoms with E-state index in [-0.39, 0.29) is 5.41 Å². The Kier molecular flexibility index (Phi) is 6.13. The van der Waals surface area contributed by atoms with E-state index < -0.39 is 0 Å². The molecule has 1 aliphatic rings. The van der Waals surface area contributed by atoms with Gasteiger partial charge in [0.1, 0.15) is 0 Å². The minimum atomic E-state index is 0.256. The number of likely N-dealkylation sites (tertiary alicyclic amines) is 1. The second-order valence-electron chi connectivity index (χ2n) is 6.69. The number of piperidine rings is 1. The van der Waals surface area contributed by atoms with Crippen molar-refractivity contribution in [1.82, 2.24) is 10.2 Å². The van der Waals surface area contributed by atoms with Crippen LogP contribution in [0.2, 0.25) is 0 Å². The Balaban J connectivity index is 2.46. The van der Waals surface area contributed by atoms with E-state index in [4.69, 9.17) is 0 Å². The average molecular weight is 254 g/mol. The van der Waals surface area contributed by atoms with Gasteiger partial charge in [0.05, 0.1) is 0 Å². The fourth-order valence-corrected chi connectivity index (χ4v) is 2.57. The van der Waals surface area contributed by atoms with Crippen LogP contribution in [0.4, 0.5) is 0 Å². The molecule has 3 heteroatoms. The summed E-state index contributed by atoms with van der Waals surface area (Å²) in [5, 5.41) is 3.19. The summed E-state index contributed by atoms with van der Waals surface area (Å²) >= 11 is 0. The molecule has 0 aromatic rings. The van der Waals surface area contributed by atoms with E-state index in [0.29, 0.717) is 18.4 Å². The Labute approximate surface area is 112 Å². The lowest BCUT2D eigenvalue weighted by Gasteiger charge is -2.36. The van der Waals surface area contributed by atoms with Gasteiger partial charge < -0.3 is 10.2 Å². The summed E-state index contributed by atoms with van der Waals surface area (Å²) in [7, 11) is 1.98. The van der Waals surface area contributed by atoms with Crippen LogP contribution in [-0.2, 0) is 4.79 Å². The summed E-state index contributed by atoms with van der Waals surface area (Å²) in [4.78, 5) is 14.5. The molecule has 3 nitrogen and oxygen atoms in total. The average Bonchev–Trinajstić information content (AvgIpc) is 2.33. The van der Waals surface area contributed by atoms with E-state index in [1.54, 1.807) is 0 Å². The number of nitrogens with zero attached hydrogens (tertiary/aromatic N) is 1. The maximum absolute atomic E-state index is 12.3. The highest BCUT2D eigenvalue weighted by molar-refractivity contribution is 5.76. The first-order valence-corrected chi connectivity index (χ1v) is 7.38. The first kappa shape index (κ1) is 15.5. The summed E-state index contributed by atoms with van der Waals surface area (Å²) in [6.07, 6.45) is 6.43. The van der Waals surface area contributed by atoms with Crippen molar-refractivity contribution in [1.29, 1.82) is 0 Å². The van der Waals surface area contributed by atoms with Gasteiger partial charge in [-0.2, -0.15) is 0 Å². The van der Waals surface area contributed by atoms with Crippen molar-refractivity contribution < 1.29 is 4.79 Å². The zero-order valence-electron chi connectivity index (χ0n) is 12.6. The molecule has 0 aromatic heterocycles. The molecule has 1 N–H and O–H groups in total. The molecular formula is C15H30N2O. The molecule has 1 rings (SSSR count). The van der Waals surface area contributed by atoms with Crippen LogP contribution in [0.25, 0.3) is 0 Å². The molecule has 1 atom stereocenters. The Morgan fingerprint density at radius 3 is 2.67 bits per heavy atom. The lowest BCUT2D eigenvalue weighted by Crippen LogP contribution is -2.44. The Morgan fingerprint density at radius 1 is 1.33 bits per heavy atom. The van der Waals surface area contributed by atoms with Gasteiger partial charge in [-0.1, -0.05) is 20.8 Å². The van der Waals surface area contributed by atoms with Gasteiger partial charge in [-0.15, -0.1) is 0 Å². The minimum Gasteiger partial charge on any atom is -0.340 e. The lowest BCUT2D eigenvalue weighted by molar-refractivity contribution is -0.135. The van der Waals surface area contributed by atoms with Crippen molar-refractivity contribution in [2.75, 3.05) is 20.1 Å². The quantitative estimate of drug-likeness (QED) is 0.818. The van der Waals surface area contributed by atoms with Crippen LogP contribution in [0.5, 0.6) is 0 Å². The van der Waals surface area contributed by atoms with Crippen LogP contribution in [0.3, 0.4) is 0 Å². The molecule has 106 valence electrons. The number of nitrogens with one attached hydrogen (secondary N) is 1. The van der Waals surface area contributed by atoms with E-state index in [2.05, 4.69) is 31.0 Å². The molecule has 0 spiro atoms. The van der Waals surface area contributed by atoms with Crippen LogP contribution in [0, 0.1) is 5.41 Å². The smallest absolute Gasteiger partial charge is 0.222 e. The van der Waals surface area contributed by atoms with Gasteiger partial charge in [-0.05, 0) is 51.1 Å². The molecule has 1 saturated heterocycles. The number of hydrogen-bond acceptors (Lipinski definition) is 2. The Morgan fingerprint density at radius 2 is 2.06 bits per heavy atom. The second kappa shape index (κ2) is 7.13. The summed E-state index contributed by atoms with van der Waals surface area (Å²) in [5.74, 6) is 0.366. The molecule has 1 amide bonds. The molecule has 1 aliphatic heterocycles. The Bertz CT molecular complexity index is 258. The van der Waals surface area contributed by atoms with E-state index in [0.717, 1.165) is 25.9 Å². The zero-order chi connectivity index (χ0) is 13.6. The fourth-order valence-electron chi connectivity index (χ4n) is 2.57. The second-order valence-corrected chi connectivity index (χ2v) is 6.69. The van der Waals surface area contributed by atoms with E-state index in [9.17, 15) is 4.79 Å². The summed E-state index contributed by atoms with van der Waals surface area (Å²) in [6, 6.07) is 0.471. The third kappa shape index (κ3) is 5.38. The van der Waals surface area contributed by atoms with E-state index in [1.807, 2.05) is 7.05 Å². The number of hydrogen-bond donors (Lipinski definition) is 1. The number of amides is 1. The maximum atomic E-state index is 12.3. The molecule has 0 aliphatic carbocycles. The van der Waals surface area contributed by atoms with Crippen molar-refractivity contribution >= 4 is 5.91 Å². The molecule has 0 radical (unpaired) electrons. The third-order valence-electron chi connectivity index (χ3n) is 3.76. The molecular weight excluding hydrogens is 224 g/mol. The highest BCUT2D eigenvalue weighted by Gasteiger charge is 2.26. The van der Waals surface area contributed by atoms with Crippen molar-refractivity contribution in [3.05, 3.63) is 0 Å². The highest BCUT2D eigenvalue weighted by atomic mass is 16.2. The predicted molar refractivity (Wildman–Crippen MR) is 76.6 cm³/mol. The summed E-state index contributed by atoms with van der Waals surface area (Å²) in [6.45, 7) is 8.59. The van der Waals surface area contributed by atoms with Crippen molar-refractivity contribution in [2.45, 2.75) is 65.3 Å². The molecule has 1 heterocycles. The van der Waals surface area contributed by atoms with Crippen molar-refractivity contribution in [3.63, 3.8) is 0 Å². The van der Waals surface area contributed by atoms with Gasteiger partial charge in [-0.3, -0.25) is 4.79 Å². The minimum absolute atomic E-state index is 0.256. The lowest BCUT2D eigenvalue weighted by atomic mass is 9.89. The van der Waals surface area contributed by atoms with Gasteiger partial charge in [0.25, 0.3) is 0 Å². The van der Waals surface area contributed by atoms with Gasteiger partial charge in [0.15, 0.2) is 0 Å². The van der Waals surface area contributed by atoms with Crippen molar-refractivity contribution in [2.24, 2.45) is 5.41 Å². The van der Waals surface area contributed by atoms with Gasteiger partial charge >= 0.3 is 0 Å². The number of carbonyl (C=O) groups is 1. The largest absolute Gasteiger partial charge is 0.340 e. The monoisotopic (exact) mass is 254 g/mol. The first-order chi connectivity index (χ1) is 8.44. The normalized spacial score (nSPS) is 21.1. The number of rotatable bonds is 5. The van der Waals surface area contributed by atoms with Crippen LogP contribution >= 0.6 is 0 Å². The fraction of sp³-hybridized carbons (Fsp3) is 0.933. The summed E-state index contributed by atoms with van der Waals surface area (Å²) < 4.78 is 0. The topological polar surface area (TPSA) is 32.3 Å². The molecule has 0 bridgehead atoms. The zero-order valence-corrected chi connectivity index (χ0v) is 12.6. The van der Waals surface area contributed by atoms with E-state index >= 15 is 0 Å². The Hall–Kier alpha value is -0.570. The first-order valence-electron chi connectivity index (χ1n) is 7.38. The van der Waals surface area contributed by atoms with E-state index in [1.165, 1.54) is 19.3 Å². The van der Waals surface area contributed by atoms with Crippen LogP contribution < -0.4 is 5.32 Å². The van der Waals surface area contributed by atoms with Crippen LogP contribution in [0.15, 0.2) is 0 Å². The van der Waals surface area contributed by atoms with Gasteiger partial charge in [-0.25, -0.2) is 0 Å². The molecule has 1 unspecified atom stereocenters. The third-order valence-corrected chi connectivity index (χ3v) is 3.76. The number of carbonyl (C=O) groups excluding carboxylic acids is 1. The van der Waals surface area contributed by atoms with Gasteiger partial charge in [0.2, 0.25) is 5.91 Å². The van der Waals surface area contributed by atoms with Crippen LogP contribution in [0.1, 0.15) is 59.3 Å². The molecule has 0 aromatic carbocycles. The van der Waals surface area contributed by atoms with Crippen LogP contribution in [-0.4, -0.2) is 37.0 Å². The summed E-state index contributed by atoms with van der Waals surface area (Å²) in [5.41, 5.74) is 0.256. The highest BCUT2D eigenvalue weighted by Crippen LogP contribution is 2.24. The molecule has 0 saturated carbocycles.